The van der Waals surface area contributed by atoms with Gasteiger partial charge in [-0.1, -0.05) is 35.4 Å². The van der Waals surface area contributed by atoms with Crippen molar-refractivity contribution in [3.05, 3.63) is 73.8 Å². The van der Waals surface area contributed by atoms with E-state index in [2.05, 4.69) is 5.32 Å². The molecule has 0 spiro atoms. The number of thiophene rings is 1. The van der Waals surface area contributed by atoms with Crippen LogP contribution in [0.1, 0.15) is 28.8 Å². The Balaban J connectivity index is 1.58. The van der Waals surface area contributed by atoms with Crippen molar-refractivity contribution >= 4 is 44.7 Å². The van der Waals surface area contributed by atoms with Crippen molar-refractivity contribution < 1.29 is 9.53 Å². The van der Waals surface area contributed by atoms with Crippen molar-refractivity contribution in [3.63, 3.8) is 0 Å². The largest absolute Gasteiger partial charge is 0.495 e. The molecule has 174 valence electrons. The van der Waals surface area contributed by atoms with Crippen LogP contribution in [0.3, 0.4) is 0 Å². The summed E-state index contributed by atoms with van der Waals surface area (Å²) < 4.78 is 6.67. The first-order valence-corrected chi connectivity index (χ1v) is 12.4. The van der Waals surface area contributed by atoms with E-state index in [1.54, 1.807) is 29.5 Å². The van der Waals surface area contributed by atoms with Gasteiger partial charge in [-0.15, -0.1) is 11.3 Å². The molecule has 5 rings (SSSR count). The molecule has 34 heavy (non-hydrogen) atoms. The predicted molar refractivity (Wildman–Crippen MR) is 137 cm³/mol. The van der Waals surface area contributed by atoms with Gasteiger partial charge in [0.1, 0.15) is 22.9 Å². The highest BCUT2D eigenvalue weighted by atomic mass is 35.5. The van der Waals surface area contributed by atoms with Crippen molar-refractivity contribution in [2.45, 2.75) is 39.2 Å². The van der Waals surface area contributed by atoms with Gasteiger partial charge in [-0.25, -0.2) is 4.98 Å². The monoisotopic (exact) mass is 493 g/mol. The third-order valence-corrected chi connectivity index (χ3v) is 7.57. The molecule has 0 saturated heterocycles. The van der Waals surface area contributed by atoms with Crippen LogP contribution in [-0.4, -0.2) is 22.6 Å². The summed E-state index contributed by atoms with van der Waals surface area (Å²) in [5.41, 5.74) is 3.34. The van der Waals surface area contributed by atoms with E-state index in [9.17, 15) is 9.59 Å². The number of hydrogen-bond acceptors (Lipinski definition) is 5. The van der Waals surface area contributed by atoms with Gasteiger partial charge >= 0.3 is 0 Å². The van der Waals surface area contributed by atoms with Gasteiger partial charge in [0.2, 0.25) is 5.91 Å². The molecule has 2 aromatic carbocycles. The summed E-state index contributed by atoms with van der Waals surface area (Å²) in [6.07, 6.45) is 4.06. The van der Waals surface area contributed by atoms with Crippen LogP contribution in [0.5, 0.6) is 5.75 Å². The number of benzene rings is 2. The SMILES string of the molecule is COc1ccc(NC(=O)Cn2c(-c3cccc(C)c3)nc3sc4c(c3c2=O)CCCC4)cc1Cl. The molecule has 2 heterocycles. The maximum atomic E-state index is 13.8. The molecule has 2 aromatic heterocycles. The van der Waals surface area contributed by atoms with Crippen LogP contribution in [0.25, 0.3) is 21.6 Å². The lowest BCUT2D eigenvalue weighted by Gasteiger charge is -2.15. The maximum absolute atomic E-state index is 13.8. The Hall–Kier alpha value is -3.16. The van der Waals surface area contributed by atoms with E-state index < -0.39 is 0 Å². The number of carbonyl (C=O) groups excluding carboxylic acids is 1. The van der Waals surface area contributed by atoms with E-state index in [4.69, 9.17) is 21.3 Å². The summed E-state index contributed by atoms with van der Waals surface area (Å²) in [5, 5.41) is 3.90. The van der Waals surface area contributed by atoms with Gasteiger partial charge in [0.05, 0.1) is 17.5 Å². The average molecular weight is 494 g/mol. The Kier molecular flexibility index (Phi) is 6.15. The van der Waals surface area contributed by atoms with Gasteiger partial charge < -0.3 is 10.1 Å². The lowest BCUT2D eigenvalue weighted by atomic mass is 9.97. The molecular formula is C26H24ClN3O3S. The molecule has 0 atom stereocenters. The summed E-state index contributed by atoms with van der Waals surface area (Å²) in [7, 11) is 1.53. The number of carbonyl (C=O) groups is 1. The number of anilines is 1. The first kappa shape index (κ1) is 22.6. The lowest BCUT2D eigenvalue weighted by molar-refractivity contribution is -0.116. The molecule has 0 saturated carbocycles. The minimum Gasteiger partial charge on any atom is -0.495 e. The Morgan fingerprint density at radius 3 is 2.79 bits per heavy atom. The number of hydrogen-bond donors (Lipinski definition) is 1. The summed E-state index contributed by atoms with van der Waals surface area (Å²) in [5.74, 6) is 0.694. The first-order chi connectivity index (χ1) is 16.4. The molecule has 0 radical (unpaired) electrons. The van der Waals surface area contributed by atoms with Gasteiger partial charge in [-0.2, -0.15) is 0 Å². The van der Waals surface area contributed by atoms with E-state index in [0.717, 1.165) is 47.2 Å². The molecular weight excluding hydrogens is 470 g/mol. The third-order valence-electron chi connectivity index (χ3n) is 6.09. The number of ether oxygens (including phenoxy) is 1. The van der Waals surface area contributed by atoms with Gasteiger partial charge in [-0.05, 0) is 62.4 Å². The standard InChI is InChI=1S/C26H24ClN3O3S/c1-15-6-5-7-16(12-15)24-29-25-23(18-8-3-4-9-21(18)34-25)26(32)30(24)14-22(31)28-17-10-11-20(33-2)19(27)13-17/h5-7,10-13H,3-4,8-9,14H2,1-2H3,(H,28,31). The highest BCUT2D eigenvalue weighted by molar-refractivity contribution is 7.18. The molecule has 8 heteroatoms. The number of methoxy groups -OCH3 is 1. The second-order valence-corrected chi connectivity index (χ2v) is 9.98. The van der Waals surface area contributed by atoms with E-state index in [-0.39, 0.29) is 18.0 Å². The van der Waals surface area contributed by atoms with Gasteiger partial charge in [0, 0.05) is 16.1 Å². The summed E-state index contributed by atoms with van der Waals surface area (Å²) in [6, 6.07) is 12.9. The minimum absolute atomic E-state index is 0.153. The highest BCUT2D eigenvalue weighted by Crippen LogP contribution is 2.35. The number of aryl methyl sites for hydroxylation is 3. The quantitative estimate of drug-likeness (QED) is 0.392. The zero-order valence-electron chi connectivity index (χ0n) is 19.0. The number of halogens is 1. The normalized spacial score (nSPS) is 13.0. The zero-order chi connectivity index (χ0) is 23.8. The summed E-state index contributed by atoms with van der Waals surface area (Å²) in [6.45, 7) is 1.84. The van der Waals surface area contributed by atoms with Crippen LogP contribution < -0.4 is 15.6 Å². The fraction of sp³-hybridized carbons (Fsp3) is 0.269. The molecule has 1 aliphatic rings. The second-order valence-electron chi connectivity index (χ2n) is 8.48. The third kappa shape index (κ3) is 4.21. The molecule has 0 fully saturated rings. The number of nitrogens with zero attached hydrogens (tertiary/aromatic N) is 2. The van der Waals surface area contributed by atoms with Crippen molar-refractivity contribution in [2.24, 2.45) is 0 Å². The molecule has 1 aliphatic carbocycles. The number of rotatable bonds is 5. The zero-order valence-corrected chi connectivity index (χ0v) is 20.6. The van der Waals surface area contributed by atoms with Crippen molar-refractivity contribution in [3.8, 4) is 17.1 Å². The van der Waals surface area contributed by atoms with Gasteiger partial charge in [0.25, 0.3) is 5.56 Å². The maximum Gasteiger partial charge on any atom is 0.263 e. The van der Waals surface area contributed by atoms with E-state index in [1.807, 2.05) is 31.2 Å². The molecule has 0 unspecified atom stereocenters. The fourth-order valence-corrected chi connectivity index (χ4v) is 5.99. The van der Waals surface area contributed by atoms with Gasteiger partial charge in [0.15, 0.2) is 0 Å². The molecule has 0 bridgehead atoms. The Labute approximate surface area is 206 Å². The Morgan fingerprint density at radius 1 is 1.21 bits per heavy atom. The first-order valence-electron chi connectivity index (χ1n) is 11.2. The fourth-order valence-electron chi connectivity index (χ4n) is 4.48. The Bertz CT molecular complexity index is 1470. The second kappa shape index (κ2) is 9.24. The molecule has 1 amide bonds. The Morgan fingerprint density at radius 2 is 2.03 bits per heavy atom. The average Bonchev–Trinajstić information content (AvgIpc) is 3.19. The lowest BCUT2D eigenvalue weighted by Crippen LogP contribution is -2.30. The van der Waals surface area contributed by atoms with E-state index in [0.29, 0.717) is 27.7 Å². The molecule has 4 aromatic rings. The molecule has 0 aliphatic heterocycles. The van der Waals surface area contributed by atoms with Crippen LogP contribution in [0, 0.1) is 6.92 Å². The smallest absolute Gasteiger partial charge is 0.263 e. The van der Waals surface area contributed by atoms with Crippen LogP contribution >= 0.6 is 22.9 Å². The van der Waals surface area contributed by atoms with Gasteiger partial charge in [-0.3, -0.25) is 14.2 Å². The predicted octanol–water partition coefficient (Wildman–Crippen LogP) is 5.61. The number of nitrogens with one attached hydrogen (secondary N) is 1. The number of aromatic nitrogens is 2. The topological polar surface area (TPSA) is 73.2 Å². The number of amides is 1. The minimum atomic E-state index is -0.331. The van der Waals surface area contributed by atoms with Crippen molar-refractivity contribution in [1.82, 2.24) is 9.55 Å². The van der Waals surface area contributed by atoms with Crippen LogP contribution in [0.2, 0.25) is 5.02 Å². The van der Waals surface area contributed by atoms with E-state index >= 15 is 0 Å². The molecule has 6 nitrogen and oxygen atoms in total. The van der Waals surface area contributed by atoms with E-state index in [1.165, 1.54) is 16.6 Å². The van der Waals surface area contributed by atoms with Crippen LogP contribution in [-0.2, 0) is 24.2 Å². The highest BCUT2D eigenvalue weighted by Gasteiger charge is 2.23. The summed E-state index contributed by atoms with van der Waals surface area (Å²) in [4.78, 5) is 33.7. The number of fused-ring (bicyclic) bond motifs is 3. The van der Waals surface area contributed by atoms with Crippen LogP contribution in [0.15, 0.2) is 47.3 Å². The van der Waals surface area contributed by atoms with Crippen molar-refractivity contribution in [2.75, 3.05) is 12.4 Å². The molecule has 1 N–H and O–H groups in total. The van der Waals surface area contributed by atoms with Crippen molar-refractivity contribution in [1.29, 1.82) is 0 Å². The summed E-state index contributed by atoms with van der Waals surface area (Å²) >= 11 is 7.81. The van der Waals surface area contributed by atoms with Crippen LogP contribution in [0.4, 0.5) is 5.69 Å².